The Morgan fingerprint density at radius 2 is 1.85 bits per heavy atom. The van der Waals surface area contributed by atoms with Gasteiger partial charge in [0, 0.05) is 0 Å². The van der Waals surface area contributed by atoms with Crippen LogP contribution in [0.25, 0.3) is 0 Å². The van der Waals surface area contributed by atoms with Gasteiger partial charge < -0.3 is 15.2 Å². The number of carbonyl (C=O) groups is 3. The van der Waals surface area contributed by atoms with Gasteiger partial charge in [0.05, 0.1) is 13.0 Å². The van der Waals surface area contributed by atoms with Gasteiger partial charge in [0.25, 0.3) is 0 Å². The van der Waals surface area contributed by atoms with Gasteiger partial charge in [-0.3, -0.25) is 4.79 Å². The van der Waals surface area contributed by atoms with Crippen molar-refractivity contribution in [2.24, 2.45) is 0 Å². The fourth-order valence-electron chi connectivity index (χ4n) is 1.57. The van der Waals surface area contributed by atoms with Crippen molar-refractivity contribution in [3.63, 3.8) is 0 Å². The lowest BCUT2D eigenvalue weighted by Crippen LogP contribution is -2.59. The van der Waals surface area contributed by atoms with E-state index in [1.54, 1.807) is 37.3 Å². The number of carbonyl (C=O) groups excluding carboxylic acids is 2. The monoisotopic (exact) mass is 279 g/mol. The average Bonchev–Trinajstić information content (AvgIpc) is 2.39. The van der Waals surface area contributed by atoms with Gasteiger partial charge in [-0.15, -0.1) is 0 Å². The molecule has 1 amide bonds. The summed E-state index contributed by atoms with van der Waals surface area (Å²) in [5.74, 6) is -3.01. The molecule has 1 aromatic rings. The first kappa shape index (κ1) is 15.7. The summed E-state index contributed by atoms with van der Waals surface area (Å²) in [6, 6.07) is 8.82. The molecule has 0 bridgehead atoms. The van der Waals surface area contributed by atoms with E-state index in [1.165, 1.54) is 0 Å². The molecule has 0 aromatic heterocycles. The minimum Gasteiger partial charge on any atom is -0.479 e. The molecule has 0 spiro atoms. The predicted octanol–water partition coefficient (Wildman–Crippen LogP) is 0.752. The van der Waals surface area contributed by atoms with Crippen molar-refractivity contribution in [2.45, 2.75) is 25.8 Å². The summed E-state index contributed by atoms with van der Waals surface area (Å²) < 4.78 is 4.68. The van der Waals surface area contributed by atoms with Crippen LogP contribution in [-0.4, -0.2) is 35.1 Å². The lowest BCUT2D eigenvalue weighted by atomic mass is 10.0. The lowest BCUT2D eigenvalue weighted by Gasteiger charge is -2.23. The molecule has 0 heterocycles. The number of amides is 1. The van der Waals surface area contributed by atoms with Crippen LogP contribution < -0.4 is 5.32 Å². The molecule has 2 N–H and O–H groups in total. The molecule has 0 saturated carbocycles. The van der Waals surface area contributed by atoms with Crippen molar-refractivity contribution in [1.82, 2.24) is 5.32 Å². The molecule has 1 aromatic carbocycles. The van der Waals surface area contributed by atoms with E-state index in [9.17, 15) is 14.4 Å². The summed E-state index contributed by atoms with van der Waals surface area (Å²) >= 11 is 0. The second-order valence-electron chi connectivity index (χ2n) is 4.36. The van der Waals surface area contributed by atoms with Crippen LogP contribution in [0.3, 0.4) is 0 Å². The second kappa shape index (κ2) is 6.70. The summed E-state index contributed by atoms with van der Waals surface area (Å²) in [6.45, 7) is 2.71. The summed E-state index contributed by atoms with van der Waals surface area (Å²) in [5, 5.41) is 11.3. The van der Waals surface area contributed by atoms with Crippen LogP contribution >= 0.6 is 0 Å². The molecular weight excluding hydrogens is 262 g/mol. The molecule has 1 rings (SSSR count). The minimum atomic E-state index is -2.08. The van der Waals surface area contributed by atoms with Gasteiger partial charge in [-0.1, -0.05) is 30.3 Å². The maximum absolute atomic E-state index is 11.9. The topological polar surface area (TPSA) is 92.7 Å². The van der Waals surface area contributed by atoms with Crippen LogP contribution in [0.15, 0.2) is 30.3 Å². The lowest BCUT2D eigenvalue weighted by molar-refractivity contribution is -0.163. The maximum atomic E-state index is 11.9. The van der Waals surface area contributed by atoms with Crippen molar-refractivity contribution in [1.29, 1.82) is 0 Å². The van der Waals surface area contributed by atoms with Crippen LogP contribution in [0, 0.1) is 0 Å². The van der Waals surface area contributed by atoms with Gasteiger partial charge in [-0.2, -0.15) is 0 Å². The van der Waals surface area contributed by atoms with Crippen molar-refractivity contribution in [3.05, 3.63) is 35.9 Å². The van der Waals surface area contributed by atoms with E-state index >= 15 is 0 Å². The number of carboxylic acid groups (broad SMARTS) is 1. The Hall–Kier alpha value is -2.37. The van der Waals surface area contributed by atoms with Gasteiger partial charge in [0.2, 0.25) is 11.4 Å². The van der Waals surface area contributed by atoms with Crippen LogP contribution in [0.4, 0.5) is 0 Å². The molecule has 0 aliphatic carbocycles. The van der Waals surface area contributed by atoms with E-state index in [0.717, 1.165) is 12.5 Å². The van der Waals surface area contributed by atoms with Crippen LogP contribution in [0.5, 0.6) is 0 Å². The third-order valence-electron chi connectivity index (χ3n) is 2.71. The van der Waals surface area contributed by atoms with Gasteiger partial charge in [-0.05, 0) is 19.4 Å². The highest BCUT2D eigenvalue weighted by Crippen LogP contribution is 2.09. The highest BCUT2D eigenvalue weighted by atomic mass is 16.5. The summed E-state index contributed by atoms with van der Waals surface area (Å²) in [5.41, 5.74) is -1.36. The molecule has 1 unspecified atom stereocenters. The molecule has 6 nitrogen and oxygen atoms in total. The number of nitrogens with one attached hydrogen (secondary N) is 1. The molecule has 0 aliphatic rings. The normalized spacial score (nSPS) is 13.1. The standard InChI is InChI=1S/C14H17NO5/c1-3-20-13(19)14(2,12(17)18)15-11(16)9-10-7-5-4-6-8-10/h4-8H,3,9H2,1-2H3,(H,15,16)(H,17,18). The van der Waals surface area contributed by atoms with Gasteiger partial charge >= 0.3 is 11.9 Å². The summed E-state index contributed by atoms with van der Waals surface area (Å²) in [4.78, 5) is 34.7. The third kappa shape index (κ3) is 3.81. The number of ether oxygens (including phenoxy) is 1. The molecule has 0 aliphatic heterocycles. The molecule has 0 radical (unpaired) electrons. The molecular formula is C14H17NO5. The van der Waals surface area contributed by atoms with Gasteiger partial charge in [-0.25, -0.2) is 9.59 Å². The van der Waals surface area contributed by atoms with Crippen molar-refractivity contribution >= 4 is 17.8 Å². The maximum Gasteiger partial charge on any atom is 0.343 e. The fourth-order valence-corrected chi connectivity index (χ4v) is 1.57. The number of benzene rings is 1. The Morgan fingerprint density at radius 1 is 1.25 bits per heavy atom. The Kier molecular flexibility index (Phi) is 5.25. The first-order valence-corrected chi connectivity index (χ1v) is 6.15. The van der Waals surface area contributed by atoms with E-state index in [4.69, 9.17) is 5.11 Å². The zero-order valence-corrected chi connectivity index (χ0v) is 11.4. The Morgan fingerprint density at radius 3 is 2.35 bits per heavy atom. The fraction of sp³-hybridized carbons (Fsp3) is 0.357. The van der Waals surface area contributed by atoms with Gasteiger partial charge in [0.15, 0.2) is 0 Å². The van der Waals surface area contributed by atoms with E-state index in [1.807, 2.05) is 0 Å². The highest BCUT2D eigenvalue weighted by molar-refractivity contribution is 6.06. The van der Waals surface area contributed by atoms with Crippen molar-refractivity contribution in [2.75, 3.05) is 6.61 Å². The quantitative estimate of drug-likeness (QED) is 0.592. The molecule has 20 heavy (non-hydrogen) atoms. The van der Waals surface area contributed by atoms with Crippen molar-refractivity contribution < 1.29 is 24.2 Å². The first-order chi connectivity index (χ1) is 9.40. The van der Waals surface area contributed by atoms with E-state index < -0.39 is 23.4 Å². The number of carboxylic acids is 1. The zero-order chi connectivity index (χ0) is 15.2. The SMILES string of the molecule is CCOC(=O)C(C)(NC(=O)Cc1ccccc1)C(=O)O. The number of rotatable bonds is 6. The first-order valence-electron chi connectivity index (χ1n) is 6.15. The van der Waals surface area contributed by atoms with Crippen LogP contribution in [0.1, 0.15) is 19.4 Å². The molecule has 0 saturated heterocycles. The molecule has 0 fully saturated rings. The Balaban J connectivity index is 2.78. The number of esters is 1. The van der Waals surface area contributed by atoms with Crippen molar-refractivity contribution in [3.8, 4) is 0 Å². The van der Waals surface area contributed by atoms with Crippen LogP contribution in [-0.2, 0) is 25.5 Å². The van der Waals surface area contributed by atoms with E-state index in [-0.39, 0.29) is 13.0 Å². The zero-order valence-electron chi connectivity index (χ0n) is 11.4. The largest absolute Gasteiger partial charge is 0.479 e. The molecule has 108 valence electrons. The summed E-state index contributed by atoms with van der Waals surface area (Å²) in [6.07, 6.45) is -0.0108. The highest BCUT2D eigenvalue weighted by Gasteiger charge is 2.44. The van der Waals surface area contributed by atoms with Gasteiger partial charge in [0.1, 0.15) is 0 Å². The summed E-state index contributed by atoms with van der Waals surface area (Å²) in [7, 11) is 0. The average molecular weight is 279 g/mol. The Labute approximate surface area is 116 Å². The number of hydrogen-bond donors (Lipinski definition) is 2. The van der Waals surface area contributed by atoms with E-state index in [2.05, 4.69) is 10.1 Å². The predicted molar refractivity (Wildman–Crippen MR) is 71.0 cm³/mol. The minimum absolute atomic E-state index is 0.0108. The smallest absolute Gasteiger partial charge is 0.343 e. The molecule has 1 atom stereocenters. The number of aliphatic carboxylic acids is 1. The molecule has 6 heteroatoms. The second-order valence-corrected chi connectivity index (χ2v) is 4.36. The van der Waals surface area contributed by atoms with E-state index in [0.29, 0.717) is 0 Å². The Bertz CT molecular complexity index is 500. The number of hydrogen-bond acceptors (Lipinski definition) is 4. The van der Waals surface area contributed by atoms with Crippen LogP contribution in [0.2, 0.25) is 0 Å². The third-order valence-corrected chi connectivity index (χ3v) is 2.71.